The number of carbonyl (C=O) groups is 3. The van der Waals surface area contributed by atoms with Crippen LogP contribution in [0.3, 0.4) is 0 Å². The smallest absolute Gasteiger partial charge is 0.337 e. The lowest BCUT2D eigenvalue weighted by molar-refractivity contribution is 0.0687. The van der Waals surface area contributed by atoms with Gasteiger partial charge in [0, 0.05) is 16.6 Å². The third-order valence-electron chi connectivity index (χ3n) is 5.35. The number of sulfonamides is 1. The molecule has 1 amide bonds. The van der Waals surface area contributed by atoms with Gasteiger partial charge < -0.3 is 15.5 Å². The van der Waals surface area contributed by atoms with Crippen molar-refractivity contribution in [3.63, 3.8) is 0 Å². The molecule has 3 aromatic carbocycles. The molecule has 0 spiro atoms. The molecule has 34 heavy (non-hydrogen) atoms. The van der Waals surface area contributed by atoms with Gasteiger partial charge in [-0.2, -0.15) is 0 Å². The van der Waals surface area contributed by atoms with Gasteiger partial charge in [-0.1, -0.05) is 28.1 Å². The average molecular weight is 545 g/mol. The molecule has 0 atom stereocenters. The molecule has 4 rings (SSSR count). The Morgan fingerprint density at radius 3 is 2.24 bits per heavy atom. The van der Waals surface area contributed by atoms with Crippen molar-refractivity contribution in [2.45, 2.75) is 11.3 Å². The van der Waals surface area contributed by atoms with Gasteiger partial charge in [0.05, 0.1) is 27.4 Å². The van der Waals surface area contributed by atoms with E-state index in [0.29, 0.717) is 16.5 Å². The third kappa shape index (κ3) is 4.27. The Morgan fingerprint density at radius 2 is 1.59 bits per heavy atom. The van der Waals surface area contributed by atoms with Crippen LogP contribution in [-0.2, 0) is 16.4 Å². The molecule has 0 aromatic heterocycles. The summed E-state index contributed by atoms with van der Waals surface area (Å²) in [6.45, 7) is 0.103. The van der Waals surface area contributed by atoms with E-state index in [9.17, 15) is 33.0 Å². The molecule has 0 saturated carbocycles. The molecule has 1 heterocycles. The van der Waals surface area contributed by atoms with Gasteiger partial charge in [0.1, 0.15) is 0 Å². The van der Waals surface area contributed by atoms with Crippen molar-refractivity contribution in [1.29, 1.82) is 0 Å². The van der Waals surface area contributed by atoms with Crippen LogP contribution < -0.4 is 9.62 Å². The summed E-state index contributed by atoms with van der Waals surface area (Å²) in [7, 11) is -4.08. The van der Waals surface area contributed by atoms with Crippen molar-refractivity contribution < 1.29 is 33.0 Å². The van der Waals surface area contributed by atoms with Crippen LogP contribution in [0.2, 0.25) is 0 Å². The molecule has 11 heteroatoms. The minimum Gasteiger partial charge on any atom is -0.478 e. The molecule has 3 N–H and O–H groups in total. The van der Waals surface area contributed by atoms with E-state index < -0.39 is 27.9 Å². The number of anilines is 2. The number of nitrogens with zero attached hydrogens (tertiary/aromatic N) is 1. The summed E-state index contributed by atoms with van der Waals surface area (Å²) >= 11 is 3.18. The lowest BCUT2D eigenvalue weighted by Gasteiger charge is -2.21. The number of hydrogen-bond donors (Lipinski definition) is 3. The molecule has 3 aromatic rings. The van der Waals surface area contributed by atoms with Crippen molar-refractivity contribution in [1.82, 2.24) is 0 Å². The Labute approximate surface area is 202 Å². The fourth-order valence-electron chi connectivity index (χ4n) is 3.74. The molecule has 174 valence electrons. The van der Waals surface area contributed by atoms with Crippen molar-refractivity contribution in [2.75, 3.05) is 16.2 Å². The van der Waals surface area contributed by atoms with Gasteiger partial charge in [0.2, 0.25) is 0 Å². The van der Waals surface area contributed by atoms with Crippen LogP contribution in [0.4, 0.5) is 11.4 Å². The minimum absolute atomic E-state index is 0.0901. The molecule has 0 aliphatic carbocycles. The number of aromatic carboxylic acids is 2. The molecule has 0 radical (unpaired) electrons. The number of hydrogen-bond acceptors (Lipinski definition) is 5. The first-order valence-electron chi connectivity index (χ1n) is 9.92. The molecule has 0 saturated heterocycles. The number of nitrogens with one attached hydrogen (secondary N) is 1. The molecule has 0 unspecified atom stereocenters. The molecule has 0 fully saturated rings. The zero-order chi connectivity index (χ0) is 24.6. The Balaban J connectivity index is 1.60. The Bertz CT molecular complexity index is 1440. The largest absolute Gasteiger partial charge is 0.478 e. The summed E-state index contributed by atoms with van der Waals surface area (Å²) in [5.74, 6) is -3.06. The lowest BCUT2D eigenvalue weighted by Crippen LogP contribution is -2.30. The van der Waals surface area contributed by atoms with Gasteiger partial charge in [0.25, 0.3) is 15.9 Å². The zero-order valence-electron chi connectivity index (χ0n) is 17.4. The highest BCUT2D eigenvalue weighted by Gasteiger charge is 2.34. The second kappa shape index (κ2) is 8.92. The average Bonchev–Trinajstić information content (AvgIpc) is 3.25. The van der Waals surface area contributed by atoms with E-state index in [1.165, 1.54) is 42.5 Å². The summed E-state index contributed by atoms with van der Waals surface area (Å²) in [4.78, 5) is 35.6. The van der Waals surface area contributed by atoms with Gasteiger partial charge in [-0.05, 0) is 60.5 Å². The summed E-state index contributed by atoms with van der Waals surface area (Å²) in [5, 5.41) is 21.3. The van der Waals surface area contributed by atoms with Crippen molar-refractivity contribution >= 4 is 55.2 Å². The number of para-hydroxylation sites is 1. The number of benzene rings is 3. The van der Waals surface area contributed by atoms with Gasteiger partial charge in [-0.3, -0.25) is 9.10 Å². The highest BCUT2D eigenvalue weighted by Crippen LogP contribution is 2.36. The standard InChI is InChI=1S/C23H17BrN2O7S/c24-15-6-9-19(18(12-15)23(30)31)25-21(27)14-4-7-16(8-5-14)34(32,33)26-11-10-13-2-1-3-17(20(13)26)22(28)29/h1-9,12H,10-11H2,(H,25,27)(H,28,29)(H,30,31). The zero-order valence-corrected chi connectivity index (χ0v) is 19.8. The van der Waals surface area contributed by atoms with Gasteiger partial charge in [0.15, 0.2) is 0 Å². The Hall–Kier alpha value is -3.70. The fourth-order valence-corrected chi connectivity index (χ4v) is 5.62. The minimum atomic E-state index is -4.08. The summed E-state index contributed by atoms with van der Waals surface area (Å²) in [6, 6.07) is 14.1. The predicted octanol–water partition coefficient (Wildman–Crippen LogP) is 3.85. The van der Waals surface area contributed by atoms with E-state index in [1.54, 1.807) is 18.2 Å². The van der Waals surface area contributed by atoms with Crippen LogP contribution in [0.25, 0.3) is 0 Å². The predicted molar refractivity (Wildman–Crippen MR) is 127 cm³/mol. The van der Waals surface area contributed by atoms with Gasteiger partial charge in [-0.15, -0.1) is 0 Å². The summed E-state index contributed by atoms with van der Waals surface area (Å²) < 4.78 is 28.1. The topological polar surface area (TPSA) is 141 Å². The SMILES string of the molecule is O=C(Nc1ccc(Br)cc1C(=O)O)c1ccc(S(=O)(=O)N2CCc3cccc(C(=O)O)c32)cc1. The second-order valence-corrected chi connectivity index (χ2v) is 10.2. The number of fused-ring (bicyclic) bond motifs is 1. The van der Waals surface area contributed by atoms with Crippen molar-refractivity contribution in [3.8, 4) is 0 Å². The van der Waals surface area contributed by atoms with Crippen LogP contribution in [0, 0.1) is 0 Å². The quantitative estimate of drug-likeness (QED) is 0.427. The van der Waals surface area contributed by atoms with Crippen molar-refractivity contribution in [3.05, 3.63) is 87.4 Å². The van der Waals surface area contributed by atoms with Crippen LogP contribution in [0.15, 0.2) is 70.0 Å². The first kappa shape index (κ1) is 23.5. The van der Waals surface area contributed by atoms with Crippen LogP contribution in [0.1, 0.15) is 36.6 Å². The fraction of sp³-hybridized carbons (Fsp3) is 0.0870. The van der Waals surface area contributed by atoms with Crippen LogP contribution >= 0.6 is 15.9 Å². The molecule has 1 aliphatic heterocycles. The van der Waals surface area contributed by atoms with E-state index in [-0.39, 0.29) is 39.5 Å². The monoisotopic (exact) mass is 544 g/mol. The maximum Gasteiger partial charge on any atom is 0.337 e. The number of halogens is 1. The number of rotatable bonds is 6. The van der Waals surface area contributed by atoms with E-state index >= 15 is 0 Å². The Kier molecular flexibility index (Phi) is 6.15. The molecule has 0 bridgehead atoms. The molecule has 1 aliphatic rings. The molecular weight excluding hydrogens is 528 g/mol. The van der Waals surface area contributed by atoms with E-state index in [2.05, 4.69) is 21.2 Å². The van der Waals surface area contributed by atoms with Crippen molar-refractivity contribution in [2.24, 2.45) is 0 Å². The normalized spacial score (nSPS) is 12.8. The van der Waals surface area contributed by atoms with E-state index in [1.807, 2.05) is 0 Å². The number of carboxylic acid groups (broad SMARTS) is 2. The van der Waals surface area contributed by atoms with E-state index in [0.717, 1.165) is 4.31 Å². The summed E-state index contributed by atoms with van der Waals surface area (Å²) in [5.41, 5.74) is 0.775. The maximum absolute atomic E-state index is 13.3. The highest BCUT2D eigenvalue weighted by atomic mass is 79.9. The number of carbonyl (C=O) groups excluding carboxylic acids is 1. The van der Waals surface area contributed by atoms with E-state index in [4.69, 9.17) is 0 Å². The molecular formula is C23H17BrN2O7S. The maximum atomic E-state index is 13.3. The number of amides is 1. The lowest BCUT2D eigenvalue weighted by atomic mass is 10.1. The summed E-state index contributed by atoms with van der Waals surface area (Å²) in [6.07, 6.45) is 0.384. The Morgan fingerprint density at radius 1 is 0.912 bits per heavy atom. The first-order valence-corrected chi connectivity index (χ1v) is 12.1. The highest BCUT2D eigenvalue weighted by molar-refractivity contribution is 9.10. The van der Waals surface area contributed by atoms with Crippen LogP contribution in [-0.4, -0.2) is 43.0 Å². The second-order valence-electron chi connectivity index (χ2n) is 7.42. The van der Waals surface area contributed by atoms with Crippen LogP contribution in [0.5, 0.6) is 0 Å². The van der Waals surface area contributed by atoms with Gasteiger partial charge in [-0.25, -0.2) is 18.0 Å². The first-order chi connectivity index (χ1) is 16.1. The molecule has 9 nitrogen and oxygen atoms in total. The third-order valence-corrected chi connectivity index (χ3v) is 7.65. The number of carboxylic acids is 2. The van der Waals surface area contributed by atoms with Gasteiger partial charge >= 0.3 is 11.9 Å².